The number of aliphatic hydroxyl groups is 2. The number of carbonyl (C=O) groups is 3. The van der Waals surface area contributed by atoms with Crippen molar-refractivity contribution < 1.29 is 43.5 Å². The van der Waals surface area contributed by atoms with Gasteiger partial charge in [0.05, 0.1) is 23.3 Å². The number of carbonyl (C=O) groups excluding carboxylic acids is 3. The van der Waals surface area contributed by atoms with Gasteiger partial charge in [0.2, 0.25) is 0 Å². The summed E-state index contributed by atoms with van der Waals surface area (Å²) >= 11 is 0. The summed E-state index contributed by atoms with van der Waals surface area (Å²) in [5, 5.41) is 25.5. The van der Waals surface area contributed by atoms with E-state index in [2.05, 4.69) is 6.92 Å². The van der Waals surface area contributed by atoms with Crippen LogP contribution in [0.4, 0.5) is 0 Å². The first kappa shape index (κ1) is 29.8. The molecule has 1 saturated heterocycles. The Morgan fingerprint density at radius 2 is 1.54 bits per heavy atom. The number of ether oxygens (including phenoxy) is 4. The van der Waals surface area contributed by atoms with Gasteiger partial charge in [-0.1, -0.05) is 50.2 Å². The fourth-order valence-corrected chi connectivity index (χ4v) is 10.7. The zero-order valence-electron chi connectivity index (χ0n) is 26.0. The Kier molecular flexibility index (Phi) is 6.81. The molecule has 12 atom stereocenters. The van der Waals surface area contributed by atoms with Crippen LogP contribution in [0.2, 0.25) is 0 Å². The summed E-state index contributed by atoms with van der Waals surface area (Å²) in [6.45, 7) is 4.15. The highest BCUT2D eigenvalue weighted by Crippen LogP contribution is 2.73. The van der Waals surface area contributed by atoms with Gasteiger partial charge in [-0.25, -0.2) is 14.4 Å². The monoisotopic (exact) mass is 628 g/mol. The molecule has 0 amide bonds. The maximum atomic E-state index is 13.7. The normalized spacial score (nSPS) is 43.6. The molecule has 4 saturated carbocycles. The number of esters is 3. The van der Waals surface area contributed by atoms with Crippen molar-refractivity contribution in [2.45, 2.75) is 82.1 Å². The lowest BCUT2D eigenvalue weighted by atomic mass is 9.41. The Balaban J connectivity index is 1.17. The molecular formula is C37H40O9. The summed E-state index contributed by atoms with van der Waals surface area (Å²) in [5.74, 6) is -2.50. The number of rotatable bonds is 5. The molecule has 0 aromatic heterocycles. The summed E-state index contributed by atoms with van der Waals surface area (Å²) in [5.41, 5.74) is -1.41. The largest absolute Gasteiger partial charge is 0.459 e. The van der Waals surface area contributed by atoms with Crippen LogP contribution in [0, 0.1) is 34.5 Å². The second kappa shape index (κ2) is 10.5. The number of hydrogen-bond donors (Lipinski definition) is 2. The Bertz CT molecular complexity index is 1590. The summed E-state index contributed by atoms with van der Waals surface area (Å²) in [4.78, 5) is 38.8. The highest BCUT2D eigenvalue weighted by Gasteiger charge is 2.82. The molecule has 46 heavy (non-hydrogen) atoms. The van der Waals surface area contributed by atoms with E-state index < -0.39 is 64.4 Å². The van der Waals surface area contributed by atoms with Gasteiger partial charge in [0.1, 0.15) is 30.5 Å². The van der Waals surface area contributed by atoms with E-state index in [0.29, 0.717) is 43.2 Å². The highest BCUT2D eigenvalue weighted by molar-refractivity contribution is 5.90. The lowest BCUT2D eigenvalue weighted by Gasteiger charge is -2.65. The van der Waals surface area contributed by atoms with Crippen molar-refractivity contribution >= 4 is 17.9 Å². The number of hydrogen-bond acceptors (Lipinski definition) is 9. The van der Waals surface area contributed by atoms with Crippen LogP contribution in [0.1, 0.15) is 66.7 Å². The number of cyclic esters (lactones) is 1. The van der Waals surface area contributed by atoms with E-state index in [1.807, 2.05) is 31.2 Å². The first-order valence-electron chi connectivity index (χ1n) is 16.5. The first-order valence-corrected chi connectivity index (χ1v) is 16.5. The van der Waals surface area contributed by atoms with Gasteiger partial charge in [-0.05, 0) is 79.2 Å². The molecule has 2 N–H and O–H groups in total. The average Bonchev–Trinajstić information content (AvgIpc) is 3.68. The van der Waals surface area contributed by atoms with Gasteiger partial charge >= 0.3 is 17.9 Å². The Hall–Kier alpha value is -3.53. The van der Waals surface area contributed by atoms with Crippen LogP contribution in [0.5, 0.6) is 0 Å². The van der Waals surface area contributed by atoms with Gasteiger partial charge in [-0.15, -0.1) is 0 Å². The third-order valence-electron chi connectivity index (χ3n) is 12.9. The Labute approximate surface area is 267 Å². The molecule has 2 aromatic carbocycles. The molecule has 0 radical (unpaired) electrons. The van der Waals surface area contributed by atoms with Crippen molar-refractivity contribution in [1.29, 1.82) is 0 Å². The molecule has 2 aliphatic heterocycles. The summed E-state index contributed by atoms with van der Waals surface area (Å²) in [6.07, 6.45) is 1.08. The Morgan fingerprint density at radius 3 is 2.17 bits per heavy atom. The first-order chi connectivity index (χ1) is 22.1. The van der Waals surface area contributed by atoms with E-state index in [0.717, 1.165) is 5.57 Å². The molecule has 6 aliphatic rings. The van der Waals surface area contributed by atoms with E-state index in [-0.39, 0.29) is 30.7 Å². The van der Waals surface area contributed by atoms with Gasteiger partial charge in [0, 0.05) is 23.3 Å². The minimum atomic E-state index is -1.42. The number of aliphatic hydroxyl groups excluding tert-OH is 1. The van der Waals surface area contributed by atoms with E-state index in [4.69, 9.17) is 18.9 Å². The molecule has 9 heteroatoms. The molecule has 242 valence electrons. The molecule has 11 unspecified atom stereocenters. The van der Waals surface area contributed by atoms with Crippen LogP contribution >= 0.6 is 0 Å². The number of benzene rings is 2. The highest BCUT2D eigenvalue weighted by atomic mass is 16.6. The van der Waals surface area contributed by atoms with E-state index >= 15 is 0 Å². The summed E-state index contributed by atoms with van der Waals surface area (Å²) in [7, 11) is 0. The van der Waals surface area contributed by atoms with Crippen LogP contribution in [-0.2, 0) is 23.7 Å². The van der Waals surface area contributed by atoms with Gasteiger partial charge in [0.15, 0.2) is 0 Å². The quantitative estimate of drug-likeness (QED) is 0.369. The van der Waals surface area contributed by atoms with E-state index in [1.54, 1.807) is 36.4 Å². The van der Waals surface area contributed by atoms with Gasteiger partial charge in [0.25, 0.3) is 0 Å². The van der Waals surface area contributed by atoms with Gasteiger partial charge in [-0.2, -0.15) is 0 Å². The molecule has 2 aromatic rings. The van der Waals surface area contributed by atoms with Gasteiger partial charge < -0.3 is 29.2 Å². The fraction of sp³-hybridized carbons (Fsp3) is 0.541. The molecule has 0 bridgehead atoms. The van der Waals surface area contributed by atoms with Crippen molar-refractivity contribution in [2.24, 2.45) is 34.5 Å². The van der Waals surface area contributed by atoms with Gasteiger partial charge in [-0.3, -0.25) is 0 Å². The topological polar surface area (TPSA) is 129 Å². The number of fused-ring (bicyclic) bond motifs is 2. The summed E-state index contributed by atoms with van der Waals surface area (Å²) in [6, 6.07) is 17.7. The Morgan fingerprint density at radius 1 is 0.891 bits per heavy atom. The lowest BCUT2D eigenvalue weighted by molar-refractivity contribution is -0.276. The smallest absolute Gasteiger partial charge is 0.338 e. The molecular weight excluding hydrogens is 588 g/mol. The predicted octanol–water partition coefficient (Wildman–Crippen LogP) is 4.26. The molecule has 8 rings (SSSR count). The van der Waals surface area contributed by atoms with E-state index in [1.165, 1.54) is 6.08 Å². The summed E-state index contributed by atoms with van der Waals surface area (Å²) < 4.78 is 24.4. The third-order valence-corrected chi connectivity index (χ3v) is 12.9. The maximum absolute atomic E-state index is 13.7. The molecule has 4 aliphatic carbocycles. The van der Waals surface area contributed by atoms with Crippen molar-refractivity contribution in [3.8, 4) is 0 Å². The molecule has 9 nitrogen and oxygen atoms in total. The van der Waals surface area contributed by atoms with Crippen LogP contribution in [-0.4, -0.2) is 70.8 Å². The van der Waals surface area contributed by atoms with E-state index in [9.17, 15) is 24.6 Å². The molecule has 0 spiro atoms. The minimum absolute atomic E-state index is 0.0392. The fourth-order valence-electron chi connectivity index (χ4n) is 10.7. The van der Waals surface area contributed by atoms with Crippen molar-refractivity contribution in [2.75, 3.05) is 6.61 Å². The zero-order valence-corrected chi connectivity index (χ0v) is 26.0. The van der Waals surface area contributed by atoms with Crippen LogP contribution in [0.3, 0.4) is 0 Å². The van der Waals surface area contributed by atoms with Crippen molar-refractivity contribution in [3.63, 3.8) is 0 Å². The zero-order chi connectivity index (χ0) is 32.0. The van der Waals surface area contributed by atoms with Crippen LogP contribution < -0.4 is 0 Å². The second-order valence-electron chi connectivity index (χ2n) is 14.7. The van der Waals surface area contributed by atoms with Crippen molar-refractivity contribution in [1.82, 2.24) is 0 Å². The van der Waals surface area contributed by atoms with Crippen molar-refractivity contribution in [3.05, 3.63) is 83.4 Å². The third kappa shape index (κ3) is 4.07. The standard InChI is InChI=1S/C37H40O9/c1-35-14-13-24(44-33(40)20-9-5-3-6-10-20)16-23(35)17-26-29-30(35)31(46-34(41)21-11-7-4-8-12-21)32(39)36(2)25(22-15-28(38)43-19-22)18-27(45-26)37(29,36)42/h3-12,15,23-27,29-32,39,42H,13-14,16-19H2,1-2H3/t23?,24?,25?,26?,27?,29?,30?,31-,32?,35?,36?,37?/m0/s1. The minimum Gasteiger partial charge on any atom is -0.459 e. The SMILES string of the molecule is CC12CCC(OC(=O)c3ccccc3)CC1CC1OC3CC(C4=CC(=O)OC4)C4(C)C(O)[C@@H](OC(=O)c5ccccc5)C2C1C34O. The lowest BCUT2D eigenvalue weighted by Crippen LogP contribution is -2.74. The molecule has 2 heterocycles. The average molecular weight is 629 g/mol. The predicted molar refractivity (Wildman–Crippen MR) is 163 cm³/mol. The van der Waals surface area contributed by atoms with Crippen LogP contribution in [0.25, 0.3) is 0 Å². The molecule has 5 fully saturated rings. The maximum Gasteiger partial charge on any atom is 0.338 e. The van der Waals surface area contributed by atoms with Crippen LogP contribution in [0.15, 0.2) is 72.3 Å². The second-order valence-corrected chi connectivity index (χ2v) is 14.7.